The highest BCUT2D eigenvalue weighted by atomic mass is 32.2. The van der Waals surface area contributed by atoms with Crippen molar-refractivity contribution in [3.8, 4) is 0 Å². The molecule has 0 aromatic rings. The molecule has 0 bridgehead atoms. The first-order valence-electron chi connectivity index (χ1n) is 6.71. The quantitative estimate of drug-likeness (QED) is 0.785. The molecule has 1 atom stereocenters. The van der Waals surface area contributed by atoms with Gasteiger partial charge < -0.3 is 15.3 Å². The van der Waals surface area contributed by atoms with E-state index in [1.807, 2.05) is 6.92 Å². The third kappa shape index (κ3) is 4.36. The van der Waals surface area contributed by atoms with Crippen LogP contribution in [-0.4, -0.2) is 60.6 Å². The largest absolute Gasteiger partial charge is 0.480 e. The molecular weight excluding hydrogens is 284 g/mol. The van der Waals surface area contributed by atoms with Gasteiger partial charge >= 0.3 is 12.0 Å². The first-order chi connectivity index (χ1) is 9.20. The fourth-order valence-electron chi connectivity index (χ4n) is 2.18. The minimum atomic E-state index is -3.09. The normalized spacial score (nSPS) is 21.6. The molecule has 1 rings (SSSR count). The van der Waals surface area contributed by atoms with Crippen molar-refractivity contribution in [2.24, 2.45) is 0 Å². The van der Waals surface area contributed by atoms with Crippen molar-refractivity contribution < 1.29 is 23.1 Å². The summed E-state index contributed by atoms with van der Waals surface area (Å²) in [5.74, 6) is -1.09. The molecule has 0 aromatic heterocycles. The zero-order valence-electron chi connectivity index (χ0n) is 11.9. The molecule has 0 saturated carbocycles. The third-order valence-corrected chi connectivity index (χ3v) is 5.16. The molecule has 116 valence electrons. The number of sulfone groups is 1. The maximum atomic E-state index is 12.1. The van der Waals surface area contributed by atoms with Gasteiger partial charge in [-0.25, -0.2) is 18.0 Å². The molecule has 1 aliphatic rings. The second-order valence-electron chi connectivity index (χ2n) is 5.31. The number of nitrogens with one attached hydrogen (secondary N) is 1. The predicted molar refractivity (Wildman–Crippen MR) is 74.3 cm³/mol. The zero-order valence-corrected chi connectivity index (χ0v) is 12.7. The van der Waals surface area contributed by atoms with E-state index in [0.717, 1.165) is 0 Å². The smallest absolute Gasteiger partial charge is 0.329 e. The van der Waals surface area contributed by atoms with E-state index in [-0.39, 0.29) is 18.1 Å². The SMILES string of the molecule is CCCC(C)(NC(=O)N1CCCS(=O)(=O)CC1)C(=O)O. The highest BCUT2D eigenvalue weighted by Crippen LogP contribution is 2.14. The molecule has 1 heterocycles. The molecule has 1 fully saturated rings. The number of aliphatic carboxylic acids is 1. The van der Waals surface area contributed by atoms with Crippen LogP contribution in [0.25, 0.3) is 0 Å². The molecule has 7 nitrogen and oxygen atoms in total. The highest BCUT2D eigenvalue weighted by Gasteiger charge is 2.35. The molecule has 1 unspecified atom stereocenters. The second-order valence-corrected chi connectivity index (χ2v) is 7.61. The van der Waals surface area contributed by atoms with Gasteiger partial charge in [-0.15, -0.1) is 0 Å². The van der Waals surface area contributed by atoms with Gasteiger partial charge in [0.15, 0.2) is 9.84 Å². The molecule has 2 amide bonds. The molecule has 20 heavy (non-hydrogen) atoms. The van der Waals surface area contributed by atoms with Crippen LogP contribution >= 0.6 is 0 Å². The monoisotopic (exact) mass is 306 g/mol. The van der Waals surface area contributed by atoms with Crippen LogP contribution in [0.2, 0.25) is 0 Å². The number of hydrogen-bond donors (Lipinski definition) is 2. The lowest BCUT2D eigenvalue weighted by atomic mass is 9.96. The Balaban J connectivity index is 2.72. The van der Waals surface area contributed by atoms with E-state index in [0.29, 0.717) is 25.8 Å². The number of carboxylic acids is 1. The fraction of sp³-hybridized carbons (Fsp3) is 0.833. The van der Waals surface area contributed by atoms with Crippen LogP contribution in [-0.2, 0) is 14.6 Å². The maximum absolute atomic E-state index is 12.1. The van der Waals surface area contributed by atoms with Gasteiger partial charge in [0.05, 0.1) is 11.5 Å². The summed E-state index contributed by atoms with van der Waals surface area (Å²) in [6.07, 6.45) is 1.32. The van der Waals surface area contributed by atoms with Crippen LogP contribution in [0.3, 0.4) is 0 Å². The standard InChI is InChI=1S/C12H22N2O5S/c1-3-5-12(2,10(15)16)13-11(17)14-6-4-8-20(18,19)9-7-14/h3-9H2,1-2H3,(H,13,17)(H,15,16). The molecular formula is C12H22N2O5S. The van der Waals surface area contributed by atoms with Crippen molar-refractivity contribution >= 4 is 21.8 Å². The Labute approximate surface area is 119 Å². The topological polar surface area (TPSA) is 104 Å². The highest BCUT2D eigenvalue weighted by molar-refractivity contribution is 7.91. The summed E-state index contributed by atoms with van der Waals surface area (Å²) < 4.78 is 23.0. The predicted octanol–water partition coefficient (Wildman–Crippen LogP) is 0.460. The van der Waals surface area contributed by atoms with Crippen molar-refractivity contribution in [1.82, 2.24) is 10.2 Å². The Bertz CT molecular complexity index is 476. The van der Waals surface area contributed by atoms with Gasteiger partial charge in [0.2, 0.25) is 0 Å². The Kier molecular flexibility index (Phi) is 5.38. The van der Waals surface area contributed by atoms with Gasteiger partial charge in [0.25, 0.3) is 0 Å². The van der Waals surface area contributed by atoms with E-state index in [9.17, 15) is 23.1 Å². The molecule has 0 radical (unpaired) electrons. The summed E-state index contributed by atoms with van der Waals surface area (Å²) >= 11 is 0. The van der Waals surface area contributed by atoms with Crippen LogP contribution in [0.4, 0.5) is 4.79 Å². The summed E-state index contributed by atoms with van der Waals surface area (Å²) in [7, 11) is -3.09. The Hall–Kier alpha value is -1.31. The van der Waals surface area contributed by atoms with E-state index in [1.165, 1.54) is 11.8 Å². The lowest BCUT2D eigenvalue weighted by Crippen LogP contribution is -2.56. The van der Waals surface area contributed by atoms with Gasteiger partial charge in [0, 0.05) is 13.1 Å². The molecule has 8 heteroatoms. The average Bonchev–Trinajstić information content (AvgIpc) is 2.50. The number of carbonyl (C=O) groups is 2. The number of carbonyl (C=O) groups excluding carboxylic acids is 1. The van der Waals surface area contributed by atoms with Crippen molar-refractivity contribution in [1.29, 1.82) is 0 Å². The van der Waals surface area contributed by atoms with Crippen molar-refractivity contribution in [3.63, 3.8) is 0 Å². The number of hydrogen-bond acceptors (Lipinski definition) is 4. The van der Waals surface area contributed by atoms with Crippen LogP contribution in [0.5, 0.6) is 0 Å². The molecule has 0 aromatic carbocycles. The lowest BCUT2D eigenvalue weighted by molar-refractivity contribution is -0.144. The lowest BCUT2D eigenvalue weighted by Gasteiger charge is -2.29. The molecule has 1 aliphatic heterocycles. The zero-order chi connectivity index (χ0) is 15.4. The van der Waals surface area contributed by atoms with Gasteiger partial charge in [-0.05, 0) is 19.8 Å². The minimum Gasteiger partial charge on any atom is -0.480 e. The minimum absolute atomic E-state index is 0.0714. The van der Waals surface area contributed by atoms with Crippen LogP contribution in [0.15, 0.2) is 0 Å². The van der Waals surface area contributed by atoms with E-state index >= 15 is 0 Å². The number of rotatable bonds is 4. The van der Waals surface area contributed by atoms with E-state index in [1.54, 1.807) is 0 Å². The van der Waals surface area contributed by atoms with Gasteiger partial charge in [-0.1, -0.05) is 13.3 Å². The van der Waals surface area contributed by atoms with Crippen molar-refractivity contribution in [2.45, 2.75) is 38.6 Å². The second kappa shape index (κ2) is 6.43. The summed E-state index contributed by atoms with van der Waals surface area (Å²) in [5.41, 5.74) is -1.32. The van der Waals surface area contributed by atoms with Crippen LogP contribution in [0.1, 0.15) is 33.1 Å². The Morgan fingerprint density at radius 2 is 1.95 bits per heavy atom. The van der Waals surface area contributed by atoms with Crippen molar-refractivity contribution in [2.75, 3.05) is 24.6 Å². The van der Waals surface area contributed by atoms with Gasteiger partial charge in [-0.3, -0.25) is 0 Å². The summed E-state index contributed by atoms with van der Waals surface area (Å²) in [5, 5.41) is 11.7. The number of amides is 2. The van der Waals surface area contributed by atoms with Gasteiger partial charge in [0.1, 0.15) is 5.54 Å². The van der Waals surface area contributed by atoms with Crippen molar-refractivity contribution in [3.05, 3.63) is 0 Å². The fourth-order valence-corrected chi connectivity index (χ4v) is 3.45. The van der Waals surface area contributed by atoms with E-state index < -0.39 is 27.4 Å². The summed E-state index contributed by atoms with van der Waals surface area (Å²) in [4.78, 5) is 24.8. The molecule has 0 aliphatic carbocycles. The van der Waals surface area contributed by atoms with Gasteiger partial charge in [-0.2, -0.15) is 0 Å². The average molecular weight is 306 g/mol. The summed E-state index contributed by atoms with van der Waals surface area (Å²) in [6, 6.07) is -0.513. The van der Waals surface area contributed by atoms with E-state index in [2.05, 4.69) is 5.32 Å². The van der Waals surface area contributed by atoms with Crippen LogP contribution < -0.4 is 5.32 Å². The summed E-state index contributed by atoms with van der Waals surface area (Å²) in [6.45, 7) is 3.74. The first-order valence-corrected chi connectivity index (χ1v) is 8.53. The Morgan fingerprint density at radius 3 is 2.50 bits per heavy atom. The number of urea groups is 1. The molecule has 2 N–H and O–H groups in total. The first kappa shape index (κ1) is 16.7. The molecule has 1 saturated heterocycles. The third-order valence-electron chi connectivity index (χ3n) is 3.45. The Morgan fingerprint density at radius 1 is 1.30 bits per heavy atom. The number of carboxylic acid groups (broad SMARTS) is 1. The maximum Gasteiger partial charge on any atom is 0.329 e. The number of nitrogens with zero attached hydrogens (tertiary/aromatic N) is 1. The van der Waals surface area contributed by atoms with Crippen LogP contribution in [0, 0.1) is 0 Å². The molecule has 0 spiro atoms. The van der Waals surface area contributed by atoms with E-state index in [4.69, 9.17) is 0 Å².